The maximum Gasteiger partial charge on any atom is 0.194 e. The molecule has 2 aromatic rings. The first kappa shape index (κ1) is 20.1. The molecular weight excluding hydrogens is 453 g/mol. The molecule has 2 fully saturated rings. The first-order chi connectivity index (χ1) is 12.8. The Labute approximate surface area is 178 Å². The van der Waals surface area contributed by atoms with Gasteiger partial charge in [0.05, 0.1) is 25.2 Å². The number of para-hydroxylation sites is 1. The van der Waals surface area contributed by atoms with Crippen LogP contribution in [-0.4, -0.2) is 53.3 Å². The van der Waals surface area contributed by atoms with Gasteiger partial charge >= 0.3 is 0 Å². The second kappa shape index (κ2) is 9.05. The smallest absolute Gasteiger partial charge is 0.194 e. The molecule has 1 aromatic heterocycles. The van der Waals surface area contributed by atoms with Crippen molar-refractivity contribution in [2.75, 3.05) is 32.8 Å². The van der Waals surface area contributed by atoms with E-state index in [0.29, 0.717) is 12.0 Å². The van der Waals surface area contributed by atoms with Gasteiger partial charge in [-0.1, -0.05) is 18.2 Å². The molecule has 27 heavy (non-hydrogen) atoms. The molecular formula is C20H28IN5O. The van der Waals surface area contributed by atoms with E-state index >= 15 is 0 Å². The lowest BCUT2D eigenvalue weighted by molar-refractivity contribution is 0.156. The number of ether oxygens (including phenoxy) is 1. The SMILES string of the molecule is CCNC(=NCc1ccccc1-n1ccnc1)N1CCC2(CCOC2)C1.I. The van der Waals surface area contributed by atoms with Crippen molar-refractivity contribution in [1.82, 2.24) is 19.8 Å². The molecule has 0 amide bonds. The summed E-state index contributed by atoms with van der Waals surface area (Å²) in [5.74, 6) is 1.01. The van der Waals surface area contributed by atoms with Crippen LogP contribution in [0.5, 0.6) is 0 Å². The normalized spacial score (nSPS) is 22.3. The molecule has 4 rings (SSSR count). The highest BCUT2D eigenvalue weighted by molar-refractivity contribution is 14.0. The fourth-order valence-corrected chi connectivity index (χ4v) is 3.97. The zero-order chi connectivity index (χ0) is 17.8. The van der Waals surface area contributed by atoms with Gasteiger partial charge in [-0.15, -0.1) is 24.0 Å². The molecule has 2 aliphatic heterocycles. The van der Waals surface area contributed by atoms with Crippen LogP contribution in [0.3, 0.4) is 0 Å². The third-order valence-electron chi connectivity index (χ3n) is 5.43. The summed E-state index contributed by atoms with van der Waals surface area (Å²) in [4.78, 5) is 11.5. The molecule has 7 heteroatoms. The van der Waals surface area contributed by atoms with Crippen molar-refractivity contribution in [2.45, 2.75) is 26.3 Å². The van der Waals surface area contributed by atoms with Gasteiger partial charge in [-0.2, -0.15) is 0 Å². The molecule has 1 atom stereocenters. The summed E-state index contributed by atoms with van der Waals surface area (Å²) >= 11 is 0. The first-order valence-electron chi connectivity index (χ1n) is 9.47. The van der Waals surface area contributed by atoms with Gasteiger partial charge in [0, 0.05) is 44.0 Å². The van der Waals surface area contributed by atoms with Gasteiger partial charge in [0.2, 0.25) is 0 Å². The van der Waals surface area contributed by atoms with Crippen molar-refractivity contribution in [3.05, 3.63) is 48.5 Å². The molecule has 0 saturated carbocycles. The van der Waals surface area contributed by atoms with E-state index in [2.05, 4.69) is 46.4 Å². The minimum absolute atomic E-state index is 0. The Morgan fingerprint density at radius 2 is 2.22 bits per heavy atom. The lowest BCUT2D eigenvalue weighted by atomic mass is 9.87. The number of rotatable bonds is 4. The number of aliphatic imine (C=N–C) groups is 1. The van der Waals surface area contributed by atoms with Crippen LogP contribution in [0.1, 0.15) is 25.3 Å². The summed E-state index contributed by atoms with van der Waals surface area (Å²) in [5.41, 5.74) is 2.66. The molecule has 1 aromatic carbocycles. The zero-order valence-electron chi connectivity index (χ0n) is 15.8. The number of hydrogen-bond donors (Lipinski definition) is 1. The van der Waals surface area contributed by atoms with E-state index in [-0.39, 0.29) is 24.0 Å². The van der Waals surface area contributed by atoms with Crippen LogP contribution in [0.2, 0.25) is 0 Å². The third-order valence-corrected chi connectivity index (χ3v) is 5.43. The molecule has 0 aliphatic carbocycles. The second-order valence-corrected chi connectivity index (χ2v) is 7.24. The van der Waals surface area contributed by atoms with E-state index in [1.807, 2.05) is 17.1 Å². The Morgan fingerprint density at radius 1 is 1.33 bits per heavy atom. The Balaban J connectivity index is 0.00000210. The average Bonchev–Trinajstić information content (AvgIpc) is 3.43. The standard InChI is InChI=1S/C20H27N5O.HI/c1-2-22-19(24-10-7-20(14-24)8-12-26-15-20)23-13-17-5-3-4-6-18(17)25-11-9-21-16-25;/h3-6,9,11,16H,2,7-8,10,12-15H2,1H3,(H,22,23);1H. The van der Waals surface area contributed by atoms with Crippen LogP contribution in [0.25, 0.3) is 5.69 Å². The summed E-state index contributed by atoms with van der Waals surface area (Å²) in [7, 11) is 0. The van der Waals surface area contributed by atoms with Gasteiger partial charge in [0.15, 0.2) is 5.96 Å². The molecule has 1 spiro atoms. The van der Waals surface area contributed by atoms with E-state index in [1.165, 1.54) is 18.4 Å². The molecule has 2 saturated heterocycles. The van der Waals surface area contributed by atoms with Gasteiger partial charge in [-0.25, -0.2) is 9.98 Å². The number of imidazole rings is 1. The Kier molecular flexibility index (Phi) is 6.75. The number of guanidine groups is 1. The zero-order valence-corrected chi connectivity index (χ0v) is 18.1. The van der Waals surface area contributed by atoms with Gasteiger partial charge in [0.25, 0.3) is 0 Å². The fourth-order valence-electron chi connectivity index (χ4n) is 3.97. The minimum atomic E-state index is 0. The first-order valence-corrected chi connectivity index (χ1v) is 9.47. The van der Waals surface area contributed by atoms with Crippen molar-refractivity contribution in [3.8, 4) is 5.69 Å². The van der Waals surface area contributed by atoms with Gasteiger partial charge < -0.3 is 19.5 Å². The molecule has 0 radical (unpaired) electrons. The number of nitrogens with zero attached hydrogens (tertiary/aromatic N) is 4. The highest BCUT2D eigenvalue weighted by Gasteiger charge is 2.42. The number of aromatic nitrogens is 2. The van der Waals surface area contributed by atoms with Crippen LogP contribution in [0.15, 0.2) is 48.0 Å². The monoisotopic (exact) mass is 481 g/mol. The van der Waals surface area contributed by atoms with Gasteiger partial charge in [-0.05, 0) is 31.4 Å². The largest absolute Gasteiger partial charge is 0.381 e. The Morgan fingerprint density at radius 3 is 2.96 bits per heavy atom. The number of nitrogens with one attached hydrogen (secondary N) is 1. The maximum absolute atomic E-state index is 5.66. The molecule has 146 valence electrons. The summed E-state index contributed by atoms with van der Waals surface area (Å²) in [6.07, 6.45) is 7.98. The van der Waals surface area contributed by atoms with Crippen LogP contribution in [0.4, 0.5) is 0 Å². The van der Waals surface area contributed by atoms with E-state index in [4.69, 9.17) is 9.73 Å². The quantitative estimate of drug-likeness (QED) is 0.415. The topological polar surface area (TPSA) is 54.7 Å². The predicted octanol–water partition coefficient (Wildman–Crippen LogP) is 3.07. The second-order valence-electron chi connectivity index (χ2n) is 7.24. The van der Waals surface area contributed by atoms with Gasteiger partial charge in [-0.3, -0.25) is 0 Å². The average molecular weight is 481 g/mol. The highest BCUT2D eigenvalue weighted by Crippen LogP contribution is 2.38. The molecule has 3 heterocycles. The summed E-state index contributed by atoms with van der Waals surface area (Å²) in [5, 5.41) is 3.47. The molecule has 6 nitrogen and oxygen atoms in total. The van der Waals surface area contributed by atoms with Crippen molar-refractivity contribution in [2.24, 2.45) is 10.4 Å². The summed E-state index contributed by atoms with van der Waals surface area (Å²) < 4.78 is 7.70. The number of hydrogen-bond acceptors (Lipinski definition) is 3. The molecule has 0 bridgehead atoms. The van der Waals surface area contributed by atoms with Crippen molar-refractivity contribution >= 4 is 29.9 Å². The summed E-state index contributed by atoms with van der Waals surface area (Å²) in [6.45, 7) is 7.55. The van der Waals surface area contributed by atoms with Crippen LogP contribution < -0.4 is 5.32 Å². The molecule has 2 aliphatic rings. The van der Waals surface area contributed by atoms with Crippen LogP contribution in [-0.2, 0) is 11.3 Å². The lowest BCUT2D eigenvalue weighted by Crippen LogP contribution is -2.41. The summed E-state index contributed by atoms with van der Waals surface area (Å²) in [6, 6.07) is 8.37. The Hall–Kier alpha value is -1.61. The van der Waals surface area contributed by atoms with Crippen molar-refractivity contribution in [1.29, 1.82) is 0 Å². The van der Waals surface area contributed by atoms with Gasteiger partial charge in [0.1, 0.15) is 0 Å². The minimum Gasteiger partial charge on any atom is -0.381 e. The fraction of sp³-hybridized carbons (Fsp3) is 0.500. The molecule has 1 unspecified atom stereocenters. The van der Waals surface area contributed by atoms with Crippen LogP contribution in [0, 0.1) is 5.41 Å². The lowest BCUT2D eigenvalue weighted by Gasteiger charge is -2.25. The van der Waals surface area contributed by atoms with E-state index in [9.17, 15) is 0 Å². The number of benzene rings is 1. The van der Waals surface area contributed by atoms with Crippen molar-refractivity contribution < 1.29 is 4.74 Å². The number of likely N-dealkylation sites (tertiary alicyclic amines) is 1. The Bertz CT molecular complexity index is 755. The predicted molar refractivity (Wildman–Crippen MR) is 118 cm³/mol. The third kappa shape index (κ3) is 4.45. The van der Waals surface area contributed by atoms with E-state index in [1.54, 1.807) is 6.20 Å². The highest BCUT2D eigenvalue weighted by atomic mass is 127. The van der Waals surface area contributed by atoms with E-state index in [0.717, 1.165) is 44.5 Å². The maximum atomic E-state index is 5.66. The molecule has 1 N–H and O–H groups in total. The van der Waals surface area contributed by atoms with E-state index < -0.39 is 0 Å². The van der Waals surface area contributed by atoms with Crippen LogP contribution >= 0.6 is 24.0 Å². The number of halogens is 1. The van der Waals surface area contributed by atoms with Crippen molar-refractivity contribution in [3.63, 3.8) is 0 Å².